The minimum atomic E-state index is -5.94. The summed E-state index contributed by atoms with van der Waals surface area (Å²) < 4.78 is 41.3. The average molecular weight is 1200 g/mol. The fourth-order valence-electron chi connectivity index (χ4n) is 12.3. The highest BCUT2D eigenvalue weighted by Gasteiger charge is 2.51. The van der Waals surface area contributed by atoms with E-state index in [0.717, 1.165) is 47.7 Å². The van der Waals surface area contributed by atoms with Gasteiger partial charge in [-0.3, -0.25) is 48.2 Å². The smallest absolute Gasteiger partial charge is 0.370 e. The van der Waals surface area contributed by atoms with Gasteiger partial charge in [-0.2, -0.15) is 8.78 Å². The van der Waals surface area contributed by atoms with Gasteiger partial charge in [-0.15, -0.1) is 0 Å². The Morgan fingerprint density at radius 3 is 2.20 bits per heavy atom. The molecule has 10 amide bonds. The highest BCUT2D eigenvalue weighted by atomic mass is 31.2. The Labute approximate surface area is 492 Å². The number of hydrogen-bond donors (Lipinski definition) is 9. The van der Waals surface area contributed by atoms with Crippen LogP contribution in [0.5, 0.6) is 0 Å². The second kappa shape index (κ2) is 25.4. The van der Waals surface area contributed by atoms with E-state index in [2.05, 4.69) is 43.4 Å². The number of carbonyl (C=O) groups excluding carboxylic acids is 9. The summed E-state index contributed by atoms with van der Waals surface area (Å²) in [7, 11) is -5.94. The van der Waals surface area contributed by atoms with Gasteiger partial charge in [0, 0.05) is 72.0 Å². The van der Waals surface area contributed by atoms with Crippen molar-refractivity contribution >= 4 is 71.8 Å². The van der Waals surface area contributed by atoms with E-state index in [-0.39, 0.29) is 98.5 Å². The number of nitrogens with one attached hydrogen (secondary N) is 6. The largest absolute Gasteiger partial charge is 0.399 e. The van der Waals surface area contributed by atoms with Crippen molar-refractivity contribution in [3.8, 4) is 11.8 Å². The van der Waals surface area contributed by atoms with Crippen LogP contribution in [0.3, 0.4) is 0 Å². The Balaban J connectivity index is 0.831. The SMILES string of the molecule is NC(=O)CC[C@H](NC(=O)[C@@H]1CC[C@@H]2CCN(C(=O)NC3CCC(CC#Cc4cccc5c4CN([C@H]4CCC(=O)NC4=O)C5=O)CC3)C[C@H](NC(=O)c3cc4cc(C(F)(F)P(=O)(O)O)ccc4[nH]3)C(=O)N21)C(=O)NC(c1ccccc1)c1ccccc1. The van der Waals surface area contributed by atoms with Gasteiger partial charge in [0.05, 0.1) is 12.6 Å². The van der Waals surface area contributed by atoms with Crippen LogP contribution < -0.4 is 32.3 Å². The first-order valence-corrected chi connectivity index (χ1v) is 30.2. The van der Waals surface area contributed by atoms with Crippen LogP contribution in [0, 0.1) is 17.8 Å². The van der Waals surface area contributed by atoms with E-state index < -0.39 is 96.5 Å². The predicted molar refractivity (Wildman–Crippen MR) is 307 cm³/mol. The maximum absolute atomic E-state index is 15.1. The number of nitrogens with zero attached hydrogens (tertiary/aromatic N) is 3. The summed E-state index contributed by atoms with van der Waals surface area (Å²) >= 11 is 0. The predicted octanol–water partition coefficient (Wildman–Crippen LogP) is 4.69. The van der Waals surface area contributed by atoms with Crippen molar-refractivity contribution in [1.82, 2.24) is 46.3 Å². The zero-order valence-corrected chi connectivity index (χ0v) is 47.5. The molecule has 1 saturated carbocycles. The molecule has 4 aliphatic heterocycles. The van der Waals surface area contributed by atoms with Crippen molar-refractivity contribution in [3.05, 3.63) is 142 Å². The van der Waals surface area contributed by atoms with Crippen molar-refractivity contribution in [1.29, 1.82) is 0 Å². The van der Waals surface area contributed by atoms with E-state index in [1.807, 2.05) is 66.7 Å². The number of H-pyrrole nitrogens is 1. The molecule has 4 aromatic carbocycles. The molecule has 86 heavy (non-hydrogen) atoms. The normalized spacial score (nSPS) is 21.9. The monoisotopic (exact) mass is 1200 g/mol. The Morgan fingerprint density at radius 1 is 0.814 bits per heavy atom. The van der Waals surface area contributed by atoms with Gasteiger partial charge in [-0.25, -0.2) is 4.79 Å². The number of hydrogen-bond acceptors (Lipinski definition) is 10. The van der Waals surface area contributed by atoms with E-state index >= 15 is 4.79 Å². The number of halogens is 2. The fourth-order valence-corrected chi connectivity index (χ4v) is 12.7. The van der Waals surface area contributed by atoms with Crippen molar-refractivity contribution in [3.63, 3.8) is 0 Å². The molecule has 5 atom stereocenters. The Hall–Kier alpha value is -8.78. The maximum Gasteiger partial charge on any atom is 0.399 e. The number of carbonyl (C=O) groups is 9. The molecule has 1 aromatic heterocycles. The number of benzene rings is 4. The number of urea groups is 1. The zero-order chi connectivity index (χ0) is 61.0. The molecule has 10 rings (SSSR count). The summed E-state index contributed by atoms with van der Waals surface area (Å²) in [4.78, 5) is 148. The highest BCUT2D eigenvalue weighted by molar-refractivity contribution is 7.52. The molecule has 0 unspecified atom stereocenters. The molecule has 0 spiro atoms. The van der Waals surface area contributed by atoms with Crippen LogP contribution in [0.2, 0.25) is 0 Å². The number of rotatable bonds is 16. The third kappa shape index (κ3) is 13.2. The molecule has 4 fully saturated rings. The van der Waals surface area contributed by atoms with Crippen LogP contribution in [0.15, 0.2) is 103 Å². The molecule has 25 heteroatoms. The van der Waals surface area contributed by atoms with Gasteiger partial charge in [0.1, 0.15) is 29.9 Å². The number of aromatic nitrogens is 1. The first kappa shape index (κ1) is 60.3. The number of amides is 10. The van der Waals surface area contributed by atoms with Gasteiger partial charge >= 0.3 is 19.3 Å². The molecule has 5 aliphatic rings. The molecule has 0 radical (unpaired) electrons. The van der Waals surface area contributed by atoms with E-state index in [4.69, 9.17) is 5.73 Å². The van der Waals surface area contributed by atoms with E-state index in [1.54, 1.807) is 12.1 Å². The fraction of sp³-hybridized carbons (Fsp3) is 0.393. The topological polar surface area (TPSA) is 323 Å². The molecular weight excluding hydrogens is 1130 g/mol. The summed E-state index contributed by atoms with van der Waals surface area (Å²) in [6.07, 6.45) is 3.80. The number of alkyl halides is 2. The Bertz CT molecular complexity index is 3560. The summed E-state index contributed by atoms with van der Waals surface area (Å²) in [6.45, 7) is -0.0939. The molecule has 3 saturated heterocycles. The summed E-state index contributed by atoms with van der Waals surface area (Å²) in [5.74, 6) is 1.87. The first-order chi connectivity index (χ1) is 41.1. The van der Waals surface area contributed by atoms with Crippen LogP contribution in [0.1, 0.15) is 132 Å². The number of fused-ring (bicyclic) bond motifs is 3. The number of piperidine rings is 1. The van der Waals surface area contributed by atoms with Gasteiger partial charge in [0.2, 0.25) is 35.4 Å². The lowest BCUT2D eigenvalue weighted by Crippen LogP contribution is -2.63. The van der Waals surface area contributed by atoms with Crippen LogP contribution in [-0.2, 0) is 45.5 Å². The number of nitrogens with two attached hydrogens (primary N) is 1. The van der Waals surface area contributed by atoms with Crippen molar-refractivity contribution in [2.75, 3.05) is 13.1 Å². The Kier molecular flexibility index (Phi) is 17.8. The second-order valence-corrected chi connectivity index (χ2v) is 24.2. The highest BCUT2D eigenvalue weighted by Crippen LogP contribution is 2.59. The van der Waals surface area contributed by atoms with Gasteiger partial charge < -0.3 is 56.5 Å². The summed E-state index contributed by atoms with van der Waals surface area (Å²) in [5.41, 5.74) is 3.30. The minimum Gasteiger partial charge on any atom is -0.370 e. The summed E-state index contributed by atoms with van der Waals surface area (Å²) in [6, 6.07) is 20.7. The lowest BCUT2D eigenvalue weighted by Gasteiger charge is -2.39. The van der Waals surface area contributed by atoms with E-state index in [1.165, 1.54) is 20.8 Å². The molecule has 0 bridgehead atoms. The lowest BCUT2D eigenvalue weighted by molar-refractivity contribution is -0.143. The molecule has 5 aromatic rings. The number of primary amides is 1. The van der Waals surface area contributed by atoms with Crippen molar-refractivity contribution in [2.45, 2.75) is 132 Å². The standard InChI is InChI=1S/C61H65F2N10O12P/c62-61(63,86(83,84)85)40-19-23-45-39(31-40)32-47(66-45)55(77)68-48-34-71(60(82)65-41-20-17-35(18-21-41)9-7-14-36-15-8-16-43-44(36)33-72(58(43)80)49-26-28-52(75)69-56(49)78)30-29-42-22-25-50(73(42)59(48)81)57(79)67-46(24-27-51(64)74)54(76)70-53(37-10-3-1-4-11-37)38-12-5-2-6-13-38/h1-6,8,10-13,15-16,19,23,31-32,35,41-42,46,48-50,53,66H,9,17-18,20-22,24-30,33-34H2,(H2,64,74)(H,65,82)(H,67,79)(H,68,77)(H,70,76)(H,69,75,78)(H2,83,84,85)/t35?,41?,42-,46+,48+,49+,50+/m1/s1. The number of aromatic amines is 1. The van der Waals surface area contributed by atoms with Crippen molar-refractivity contribution < 1.29 is 66.3 Å². The second-order valence-electron chi connectivity index (χ2n) is 22.6. The van der Waals surface area contributed by atoms with Gasteiger partial charge in [0.25, 0.3) is 11.8 Å². The molecule has 5 heterocycles. The first-order valence-electron chi connectivity index (χ1n) is 28.6. The third-order valence-corrected chi connectivity index (χ3v) is 17.9. The van der Waals surface area contributed by atoms with E-state index in [9.17, 15) is 61.5 Å². The van der Waals surface area contributed by atoms with Crippen LogP contribution >= 0.6 is 7.60 Å². The van der Waals surface area contributed by atoms with Gasteiger partial charge in [-0.05, 0) is 111 Å². The van der Waals surface area contributed by atoms with Crippen molar-refractivity contribution in [2.24, 2.45) is 11.7 Å². The third-order valence-electron chi connectivity index (χ3n) is 16.9. The van der Waals surface area contributed by atoms with E-state index in [0.29, 0.717) is 36.8 Å². The van der Waals surface area contributed by atoms with Crippen LogP contribution in [-0.4, -0.2) is 132 Å². The van der Waals surface area contributed by atoms with Gasteiger partial charge in [0.15, 0.2) is 0 Å². The Morgan fingerprint density at radius 2 is 1.52 bits per heavy atom. The molecule has 450 valence electrons. The molecule has 22 nitrogen and oxygen atoms in total. The maximum atomic E-state index is 15.1. The summed E-state index contributed by atoms with van der Waals surface area (Å²) in [5, 5.41) is 13.9. The van der Waals surface area contributed by atoms with Gasteiger partial charge in [-0.1, -0.05) is 84.6 Å². The lowest BCUT2D eigenvalue weighted by atomic mass is 9.84. The zero-order valence-electron chi connectivity index (χ0n) is 46.6. The average Bonchev–Trinajstić information content (AvgIpc) is 2.99. The minimum absolute atomic E-state index is 0.00481. The molecule has 1 aliphatic carbocycles. The molecular formula is C61H65F2N10O12P. The quantitative estimate of drug-likeness (QED) is 0.0369. The number of imide groups is 1. The molecule has 10 N–H and O–H groups in total. The van der Waals surface area contributed by atoms with Crippen LogP contribution in [0.25, 0.3) is 10.9 Å². The van der Waals surface area contributed by atoms with Crippen LogP contribution in [0.4, 0.5) is 13.6 Å².